The Balaban J connectivity index is 2.54. The zero-order valence-corrected chi connectivity index (χ0v) is 40.2. The highest BCUT2D eigenvalue weighted by Crippen LogP contribution is 2.47. The van der Waals surface area contributed by atoms with Gasteiger partial charge in [-0.3, -0.25) is 18.6 Å². The van der Waals surface area contributed by atoms with E-state index in [1.54, 1.807) is 0 Å². The van der Waals surface area contributed by atoms with Crippen molar-refractivity contribution in [1.82, 2.24) is 0 Å². The van der Waals surface area contributed by atoms with Gasteiger partial charge < -0.3 is 45.0 Å². The highest BCUT2D eigenvalue weighted by Gasteiger charge is 2.51. The molecule has 0 radical (unpaired) electrons. The summed E-state index contributed by atoms with van der Waals surface area (Å²) in [6.45, 7) is 2.94. The zero-order chi connectivity index (χ0) is 48.7. The molecule has 15 heteroatoms. The molecule has 9 atom stereocenters. The number of rotatable bonds is 37. The molecule has 374 valence electrons. The van der Waals surface area contributed by atoms with Crippen LogP contribution in [0.25, 0.3) is 0 Å². The predicted octanol–water partition coefficient (Wildman–Crippen LogP) is 8.58. The number of phosphoric ester groups is 1. The highest BCUT2D eigenvalue weighted by molar-refractivity contribution is 7.47. The predicted molar refractivity (Wildman–Crippen MR) is 259 cm³/mol. The summed E-state index contributed by atoms with van der Waals surface area (Å²) in [7, 11) is -5.16. The van der Waals surface area contributed by atoms with Gasteiger partial charge in [-0.25, -0.2) is 4.57 Å². The van der Waals surface area contributed by atoms with Crippen molar-refractivity contribution in [2.45, 2.75) is 185 Å². The summed E-state index contributed by atoms with van der Waals surface area (Å²) < 4.78 is 33.4. The van der Waals surface area contributed by atoms with E-state index in [-0.39, 0.29) is 18.9 Å². The van der Waals surface area contributed by atoms with Crippen molar-refractivity contribution in [3.05, 3.63) is 109 Å². The number of unbranched alkanes of at least 4 members (excludes halogenated alkanes) is 5. The largest absolute Gasteiger partial charge is 0.472 e. The van der Waals surface area contributed by atoms with Gasteiger partial charge in [0.05, 0.1) is 12.7 Å². The van der Waals surface area contributed by atoms with E-state index in [0.717, 1.165) is 89.9 Å². The van der Waals surface area contributed by atoms with Gasteiger partial charge in [0.1, 0.15) is 43.2 Å². The molecule has 1 saturated carbocycles. The lowest BCUT2D eigenvalue weighted by atomic mass is 9.85. The number of esters is 2. The van der Waals surface area contributed by atoms with Crippen molar-refractivity contribution in [2.24, 2.45) is 0 Å². The van der Waals surface area contributed by atoms with Gasteiger partial charge in [0.2, 0.25) is 0 Å². The Hall–Kier alpha value is -3.53. The molecule has 66 heavy (non-hydrogen) atoms. The first-order valence-electron chi connectivity index (χ1n) is 23.8. The van der Waals surface area contributed by atoms with Crippen molar-refractivity contribution in [3.8, 4) is 0 Å². The minimum atomic E-state index is -5.16. The monoisotopic (exact) mass is 949 g/mol. The molecule has 1 rings (SSSR count). The Bertz CT molecular complexity index is 1580. The molecule has 14 nitrogen and oxygen atoms in total. The Morgan fingerprint density at radius 2 is 1.00 bits per heavy atom. The SMILES string of the molecule is CC/C=C\C/C=C\C/C=C\C/C=C\C/C=C\CCCCCC(=O)O[C@H](COC(=O)CCC/C=C\C/C=C\C/C=C\C/C=C\[C@@H](O)CCCC)COP(=O)(O)OC1[C@H](O)[C@H](O)C(O)[C@H](O)[C@H]1O. The summed E-state index contributed by atoms with van der Waals surface area (Å²) in [5.41, 5.74) is 0. The first-order chi connectivity index (χ1) is 31.8. The van der Waals surface area contributed by atoms with Crippen LogP contribution < -0.4 is 0 Å². The highest BCUT2D eigenvalue weighted by atomic mass is 31.2. The van der Waals surface area contributed by atoms with E-state index >= 15 is 0 Å². The minimum absolute atomic E-state index is 0.0306. The third-order valence-electron chi connectivity index (χ3n) is 10.2. The average molecular weight is 949 g/mol. The number of carbonyl (C=O) groups is 2. The second kappa shape index (κ2) is 39.5. The number of ether oxygens (including phenoxy) is 2. The van der Waals surface area contributed by atoms with Crippen LogP contribution in [0.2, 0.25) is 0 Å². The minimum Gasteiger partial charge on any atom is -0.462 e. The van der Waals surface area contributed by atoms with Gasteiger partial charge in [-0.1, -0.05) is 142 Å². The van der Waals surface area contributed by atoms with Gasteiger partial charge in [-0.05, 0) is 89.9 Å². The molecule has 1 aliphatic carbocycles. The fourth-order valence-corrected chi connectivity index (χ4v) is 7.30. The third kappa shape index (κ3) is 31.4. The maximum atomic E-state index is 12.8. The van der Waals surface area contributed by atoms with Crippen molar-refractivity contribution in [3.63, 3.8) is 0 Å². The maximum Gasteiger partial charge on any atom is 0.472 e. The van der Waals surface area contributed by atoms with Crippen LogP contribution in [0.5, 0.6) is 0 Å². The molecule has 0 saturated heterocycles. The number of phosphoric acid groups is 1. The number of carbonyl (C=O) groups excluding carboxylic acids is 2. The number of aliphatic hydroxyl groups is 6. The maximum absolute atomic E-state index is 12.8. The smallest absolute Gasteiger partial charge is 0.462 e. The average Bonchev–Trinajstić information content (AvgIpc) is 3.30. The molecule has 1 fully saturated rings. The van der Waals surface area contributed by atoms with Gasteiger partial charge >= 0.3 is 19.8 Å². The van der Waals surface area contributed by atoms with Gasteiger partial charge in [0, 0.05) is 12.8 Å². The van der Waals surface area contributed by atoms with Crippen LogP contribution in [0.15, 0.2) is 109 Å². The Labute approximate surface area is 394 Å². The molecule has 0 aromatic heterocycles. The fourth-order valence-electron chi connectivity index (χ4n) is 6.32. The summed E-state index contributed by atoms with van der Waals surface area (Å²) in [6.07, 6.45) is 37.6. The summed E-state index contributed by atoms with van der Waals surface area (Å²) in [5.74, 6) is -1.24. The molecule has 0 spiro atoms. The quantitative estimate of drug-likeness (QED) is 0.0134. The Morgan fingerprint density at radius 1 is 0.545 bits per heavy atom. The van der Waals surface area contributed by atoms with E-state index < -0.39 is 75.7 Å². The van der Waals surface area contributed by atoms with Crippen LogP contribution >= 0.6 is 7.82 Å². The lowest BCUT2D eigenvalue weighted by molar-refractivity contribution is -0.220. The molecule has 7 N–H and O–H groups in total. The van der Waals surface area contributed by atoms with Crippen LogP contribution in [0, 0.1) is 0 Å². The fraction of sp³-hybridized carbons (Fsp3) is 0.608. The second-order valence-electron chi connectivity index (χ2n) is 16.0. The van der Waals surface area contributed by atoms with Crippen molar-refractivity contribution >= 4 is 19.8 Å². The Kier molecular flexibility index (Phi) is 36.2. The Morgan fingerprint density at radius 3 is 1.52 bits per heavy atom. The van der Waals surface area contributed by atoms with Crippen molar-refractivity contribution in [2.75, 3.05) is 13.2 Å². The van der Waals surface area contributed by atoms with E-state index in [1.807, 2.05) is 30.4 Å². The van der Waals surface area contributed by atoms with E-state index in [0.29, 0.717) is 19.3 Å². The first kappa shape index (κ1) is 60.5. The normalized spacial score (nSPS) is 22.7. The van der Waals surface area contributed by atoms with Gasteiger partial charge in [0.25, 0.3) is 0 Å². The molecule has 3 unspecified atom stereocenters. The van der Waals surface area contributed by atoms with Gasteiger partial charge in [-0.15, -0.1) is 0 Å². The summed E-state index contributed by atoms with van der Waals surface area (Å²) >= 11 is 0. The molecular formula is C51H81O14P. The molecule has 0 aliphatic heterocycles. The van der Waals surface area contributed by atoms with E-state index in [4.69, 9.17) is 18.5 Å². The van der Waals surface area contributed by atoms with Crippen LogP contribution in [0.3, 0.4) is 0 Å². The molecule has 0 amide bonds. The van der Waals surface area contributed by atoms with Gasteiger partial charge in [-0.2, -0.15) is 0 Å². The number of hydrogen-bond acceptors (Lipinski definition) is 13. The third-order valence-corrected chi connectivity index (χ3v) is 11.2. The summed E-state index contributed by atoms with van der Waals surface area (Å²) in [6, 6.07) is 0. The number of aliphatic hydroxyl groups excluding tert-OH is 6. The first-order valence-corrected chi connectivity index (χ1v) is 25.3. The molecule has 1 aliphatic rings. The molecular weight excluding hydrogens is 868 g/mol. The number of allylic oxidation sites excluding steroid dienone is 17. The zero-order valence-electron chi connectivity index (χ0n) is 39.3. The van der Waals surface area contributed by atoms with Crippen LogP contribution in [-0.2, 0) is 32.7 Å². The topological polar surface area (TPSA) is 230 Å². The lowest BCUT2D eigenvalue weighted by Gasteiger charge is -2.41. The van der Waals surface area contributed by atoms with Crippen LogP contribution in [0.4, 0.5) is 0 Å². The summed E-state index contributed by atoms with van der Waals surface area (Å²) in [5, 5.41) is 60.0. The summed E-state index contributed by atoms with van der Waals surface area (Å²) in [4.78, 5) is 35.7. The van der Waals surface area contributed by atoms with Crippen LogP contribution in [-0.4, -0.2) is 110 Å². The number of hydrogen-bond donors (Lipinski definition) is 7. The standard InChI is InChI=1S/C51H81O14P/c1-3-5-7-8-9-10-11-12-13-14-15-16-17-18-23-26-29-32-35-39-45(54)64-43(41-63-66(60,61)65-51-49(58)47(56)46(55)48(57)50(51)59)40-62-44(53)38-34-31-28-25-22-20-19-21-24-27-30-33-37-42(52)36-6-4-2/h5,7,9-10,12-13,15-16,18-20,23-25,27-28,33,37,42-43,46-52,55-59H,3-4,6,8,11,14,17,21-22,26,29-32,34-36,38-41H2,1-2H3,(H,60,61)/b7-5-,10-9-,13-12-,16-15-,20-19-,23-18-,27-24-,28-25-,37-33-/t42-,43+,46?,47-,48+,49+,50+,51?/m0/s1. The lowest BCUT2D eigenvalue weighted by Crippen LogP contribution is -2.64. The van der Waals surface area contributed by atoms with Crippen molar-refractivity contribution in [1.29, 1.82) is 0 Å². The molecule has 0 heterocycles. The molecule has 0 aromatic carbocycles. The van der Waals surface area contributed by atoms with Crippen LogP contribution in [0.1, 0.15) is 136 Å². The van der Waals surface area contributed by atoms with Crippen molar-refractivity contribution < 1.29 is 68.2 Å². The van der Waals surface area contributed by atoms with E-state index in [2.05, 4.69) is 92.8 Å². The van der Waals surface area contributed by atoms with E-state index in [9.17, 15) is 49.7 Å². The van der Waals surface area contributed by atoms with E-state index in [1.165, 1.54) is 0 Å². The van der Waals surface area contributed by atoms with Gasteiger partial charge in [0.15, 0.2) is 6.10 Å². The molecule has 0 aromatic rings. The molecule has 0 bridgehead atoms. The second-order valence-corrected chi connectivity index (χ2v) is 17.4.